The van der Waals surface area contributed by atoms with Crippen LogP contribution in [-0.4, -0.2) is 126 Å². The number of aromatic nitrogens is 2. The highest BCUT2D eigenvalue weighted by molar-refractivity contribution is 7.89. The van der Waals surface area contributed by atoms with Crippen molar-refractivity contribution >= 4 is 39.7 Å². The van der Waals surface area contributed by atoms with Crippen molar-refractivity contribution in [3.8, 4) is 11.1 Å². The van der Waals surface area contributed by atoms with Crippen LogP contribution in [0.5, 0.6) is 0 Å². The maximum Gasteiger partial charge on any atom is 0.417 e. The van der Waals surface area contributed by atoms with E-state index in [0.29, 0.717) is 38.9 Å². The van der Waals surface area contributed by atoms with Gasteiger partial charge in [-0.25, -0.2) is 18.2 Å². The summed E-state index contributed by atoms with van der Waals surface area (Å²) in [7, 11) is -4.00. The molecular weight excluding hydrogens is 721 g/mol. The molecule has 0 unspecified atom stereocenters. The summed E-state index contributed by atoms with van der Waals surface area (Å²) in [5.41, 5.74) is -2.71. The average Bonchev–Trinajstić information content (AvgIpc) is 3.45. The summed E-state index contributed by atoms with van der Waals surface area (Å²) < 4.78 is 76.5. The Kier molecular flexibility index (Phi) is 10.9. The van der Waals surface area contributed by atoms with Crippen LogP contribution in [0.25, 0.3) is 16.8 Å². The number of morpholine rings is 1. The number of halogens is 3. The third-order valence-corrected chi connectivity index (χ3v) is 11.1. The predicted octanol–water partition coefficient (Wildman–Crippen LogP) is 2.88. The van der Waals surface area contributed by atoms with Gasteiger partial charge in [-0.2, -0.15) is 17.5 Å². The first kappa shape index (κ1) is 37.6. The molecule has 0 spiro atoms. The monoisotopic (exact) mass is 756 g/mol. The number of carbonyl (C=O) groups excluding carboxylic acids is 3. The molecule has 2 aromatic heterocycles. The van der Waals surface area contributed by atoms with Crippen LogP contribution in [0.2, 0.25) is 0 Å². The number of sulfonamides is 1. The highest BCUT2D eigenvalue weighted by Crippen LogP contribution is 2.36. The van der Waals surface area contributed by atoms with Gasteiger partial charge in [0.1, 0.15) is 17.4 Å². The molecule has 6 rings (SSSR count). The number of ether oxygens (including phenoxy) is 1. The van der Waals surface area contributed by atoms with E-state index in [4.69, 9.17) is 4.74 Å². The minimum atomic E-state index is -4.91. The molecule has 2 aliphatic rings. The quantitative estimate of drug-likeness (QED) is 0.230. The Balaban J connectivity index is 1.35. The zero-order valence-corrected chi connectivity index (χ0v) is 29.0. The van der Waals surface area contributed by atoms with E-state index in [1.165, 1.54) is 38.0 Å². The molecule has 2 saturated heterocycles. The van der Waals surface area contributed by atoms with Crippen molar-refractivity contribution in [1.82, 2.24) is 28.8 Å². The largest absolute Gasteiger partial charge is 0.478 e. The molecule has 1 atom stereocenters. The number of alkyl halides is 3. The fourth-order valence-corrected chi connectivity index (χ4v) is 7.90. The van der Waals surface area contributed by atoms with E-state index in [9.17, 15) is 45.9 Å². The van der Waals surface area contributed by atoms with Crippen molar-refractivity contribution < 1.29 is 50.6 Å². The summed E-state index contributed by atoms with van der Waals surface area (Å²) in [6, 6.07) is 10.6. The van der Waals surface area contributed by atoms with Crippen molar-refractivity contribution in [3.05, 3.63) is 89.4 Å². The number of imidazole rings is 1. The van der Waals surface area contributed by atoms with E-state index in [1.54, 1.807) is 18.2 Å². The van der Waals surface area contributed by atoms with Crippen molar-refractivity contribution in [2.24, 2.45) is 0 Å². The molecule has 0 radical (unpaired) electrons. The molecule has 53 heavy (non-hydrogen) atoms. The van der Waals surface area contributed by atoms with Crippen LogP contribution in [0, 0.1) is 0 Å². The van der Waals surface area contributed by atoms with Crippen molar-refractivity contribution in [1.29, 1.82) is 0 Å². The number of carbonyl (C=O) groups is 4. The third-order valence-electron chi connectivity index (χ3n) is 9.21. The number of benzene rings is 2. The molecule has 0 aliphatic carbocycles. The molecule has 2 amide bonds. The van der Waals surface area contributed by atoms with Gasteiger partial charge >= 0.3 is 12.1 Å². The summed E-state index contributed by atoms with van der Waals surface area (Å²) in [6.07, 6.45) is -2.57. The van der Waals surface area contributed by atoms with Crippen LogP contribution in [0.4, 0.5) is 13.2 Å². The first-order chi connectivity index (χ1) is 25.3. The highest BCUT2D eigenvalue weighted by Gasteiger charge is 2.38. The summed E-state index contributed by atoms with van der Waals surface area (Å²) in [6.45, 7) is 2.82. The molecule has 2 N–H and O–H groups in total. The van der Waals surface area contributed by atoms with Gasteiger partial charge in [0.05, 0.1) is 29.2 Å². The van der Waals surface area contributed by atoms with Crippen LogP contribution in [0.3, 0.4) is 0 Å². The topological polar surface area (TPSA) is 171 Å². The Morgan fingerprint density at radius 3 is 2.40 bits per heavy atom. The summed E-state index contributed by atoms with van der Waals surface area (Å²) >= 11 is 0. The summed E-state index contributed by atoms with van der Waals surface area (Å²) in [4.78, 5) is 59.2. The van der Waals surface area contributed by atoms with Gasteiger partial charge in [-0.05, 0) is 36.2 Å². The lowest BCUT2D eigenvalue weighted by Crippen LogP contribution is -2.51. The standard InChI is InChI=1S/C35H35F3N6O8S/c36-35(37,38)28-19-23(6-7-24(28)22-45)27-18-25(34(48)49)20-42-21-29(40-31(27)42)33(47)44-13-12-43(53(50,51)26-4-2-1-3-5-26)10-8-30(44)32(46)39-9-11-41-14-16-52-17-15-41/h1-7,18-22,30H,8-17H2,(H,39,46)(H,48,49)/t30-/m0/s1. The number of rotatable bonds is 10. The maximum atomic E-state index is 14.3. The molecule has 2 aliphatic heterocycles. The Hall–Kier alpha value is -5.17. The van der Waals surface area contributed by atoms with Gasteiger partial charge in [0.15, 0.2) is 6.29 Å². The highest BCUT2D eigenvalue weighted by atomic mass is 32.2. The van der Waals surface area contributed by atoms with Crippen LogP contribution in [0.15, 0.2) is 71.9 Å². The van der Waals surface area contributed by atoms with Crippen molar-refractivity contribution in [2.75, 3.05) is 59.0 Å². The first-order valence-electron chi connectivity index (χ1n) is 16.6. The number of pyridine rings is 1. The van der Waals surface area contributed by atoms with Crippen LogP contribution in [-0.2, 0) is 25.7 Å². The van der Waals surface area contributed by atoms with E-state index in [1.807, 2.05) is 0 Å². The van der Waals surface area contributed by atoms with Gasteiger partial charge in [-0.1, -0.05) is 30.3 Å². The normalized spacial score (nSPS) is 17.7. The van der Waals surface area contributed by atoms with Gasteiger partial charge in [0.25, 0.3) is 5.91 Å². The smallest absolute Gasteiger partial charge is 0.417 e. The Morgan fingerprint density at radius 2 is 1.72 bits per heavy atom. The third kappa shape index (κ3) is 8.09. The number of hydrogen-bond donors (Lipinski definition) is 2. The maximum absolute atomic E-state index is 14.3. The number of aromatic carboxylic acids is 1. The van der Waals surface area contributed by atoms with Gasteiger partial charge in [-0.3, -0.25) is 19.3 Å². The molecule has 0 bridgehead atoms. The predicted molar refractivity (Wildman–Crippen MR) is 183 cm³/mol. The number of aldehydes is 1. The number of carboxylic acids is 1. The van der Waals surface area contributed by atoms with Gasteiger partial charge in [0.2, 0.25) is 15.9 Å². The number of carboxylic acid groups (broad SMARTS) is 1. The molecule has 280 valence electrons. The second kappa shape index (κ2) is 15.4. The van der Waals surface area contributed by atoms with E-state index >= 15 is 0 Å². The number of nitrogens with one attached hydrogen (secondary N) is 1. The van der Waals surface area contributed by atoms with Gasteiger partial charge in [0, 0.05) is 69.3 Å². The average molecular weight is 757 g/mol. The molecule has 4 heterocycles. The number of fused-ring (bicyclic) bond motifs is 1. The Morgan fingerprint density at radius 1 is 0.981 bits per heavy atom. The first-order valence-corrected chi connectivity index (χ1v) is 18.1. The van der Waals surface area contributed by atoms with Gasteiger partial charge < -0.3 is 24.5 Å². The molecule has 14 nitrogen and oxygen atoms in total. The lowest BCUT2D eigenvalue weighted by Gasteiger charge is -2.29. The second-order valence-corrected chi connectivity index (χ2v) is 14.4. The minimum Gasteiger partial charge on any atom is -0.478 e. The number of hydrogen-bond acceptors (Lipinski definition) is 9. The van der Waals surface area contributed by atoms with Crippen LogP contribution >= 0.6 is 0 Å². The zero-order chi connectivity index (χ0) is 37.9. The van der Waals surface area contributed by atoms with E-state index in [0.717, 1.165) is 18.3 Å². The lowest BCUT2D eigenvalue weighted by atomic mass is 9.99. The van der Waals surface area contributed by atoms with E-state index in [-0.39, 0.29) is 71.8 Å². The lowest BCUT2D eigenvalue weighted by molar-refractivity contribution is -0.137. The van der Waals surface area contributed by atoms with E-state index in [2.05, 4.69) is 15.2 Å². The SMILES string of the molecule is O=Cc1ccc(-c2cc(C(=O)O)cn3cc(C(=O)N4CCN(S(=O)(=O)c5ccccc5)CC[C@H]4C(=O)NCCN4CCOCC4)nc23)cc1C(F)(F)F. The number of nitrogens with zero attached hydrogens (tertiary/aromatic N) is 5. The summed E-state index contributed by atoms with van der Waals surface area (Å²) in [5.74, 6) is -2.70. The molecule has 18 heteroatoms. The van der Waals surface area contributed by atoms with Crippen molar-refractivity contribution in [3.63, 3.8) is 0 Å². The van der Waals surface area contributed by atoms with Gasteiger partial charge in [-0.15, -0.1) is 0 Å². The Labute approximate surface area is 301 Å². The molecule has 2 fully saturated rings. The Bertz CT molecular complexity index is 2140. The minimum absolute atomic E-state index is 0.0447. The van der Waals surface area contributed by atoms with E-state index < -0.39 is 51.2 Å². The van der Waals surface area contributed by atoms with Crippen LogP contribution < -0.4 is 5.32 Å². The van der Waals surface area contributed by atoms with Crippen LogP contribution in [0.1, 0.15) is 43.2 Å². The molecule has 2 aromatic carbocycles. The number of amides is 2. The fraction of sp³-hybridized carbons (Fsp3) is 0.343. The fourth-order valence-electron chi connectivity index (χ4n) is 6.44. The second-order valence-electron chi connectivity index (χ2n) is 12.5. The molecule has 0 saturated carbocycles. The molecular formula is C35H35F3N6O8S. The molecule has 4 aromatic rings. The zero-order valence-electron chi connectivity index (χ0n) is 28.2. The summed E-state index contributed by atoms with van der Waals surface area (Å²) in [5, 5.41) is 12.7. The van der Waals surface area contributed by atoms with Crippen molar-refractivity contribution in [2.45, 2.75) is 23.5 Å².